The van der Waals surface area contributed by atoms with Gasteiger partial charge in [0.25, 0.3) is 0 Å². The third-order valence-electron chi connectivity index (χ3n) is 4.05. The van der Waals surface area contributed by atoms with Gasteiger partial charge in [-0.15, -0.1) is 0 Å². The van der Waals surface area contributed by atoms with Crippen LogP contribution in [0.2, 0.25) is 0 Å². The monoisotopic (exact) mass is 181 g/mol. The smallest absolute Gasteiger partial charge is 0.0130 e. The van der Waals surface area contributed by atoms with Crippen molar-refractivity contribution in [3.8, 4) is 0 Å². The molecular weight excluding hydrogens is 158 g/mol. The average Bonchev–Trinajstić information content (AvgIpc) is 2.23. The normalized spacial score (nSPS) is 39.7. The van der Waals surface area contributed by atoms with Crippen LogP contribution in [0.5, 0.6) is 0 Å². The Morgan fingerprint density at radius 1 is 1.08 bits per heavy atom. The highest BCUT2D eigenvalue weighted by Gasteiger charge is 2.47. The van der Waals surface area contributed by atoms with Crippen LogP contribution in [0.25, 0.3) is 0 Å². The Bertz CT molecular complexity index is 186. The van der Waals surface area contributed by atoms with Gasteiger partial charge in [-0.05, 0) is 44.9 Å². The Morgan fingerprint density at radius 2 is 1.77 bits per heavy atom. The highest BCUT2D eigenvalue weighted by molar-refractivity contribution is 5.01. The van der Waals surface area contributed by atoms with Gasteiger partial charge in [0.2, 0.25) is 0 Å². The number of nitrogens with zero attached hydrogens (tertiary/aromatic N) is 1. The highest BCUT2D eigenvalue weighted by Crippen LogP contribution is 2.46. The fourth-order valence-electron chi connectivity index (χ4n) is 3.28. The SMILES string of the molecule is CC(C)C1CC2CCC2N1C(C)C. The van der Waals surface area contributed by atoms with Crippen molar-refractivity contribution in [2.45, 2.75) is 65.1 Å². The van der Waals surface area contributed by atoms with Gasteiger partial charge in [0.1, 0.15) is 0 Å². The molecule has 0 bridgehead atoms. The first-order valence-electron chi connectivity index (χ1n) is 5.88. The fraction of sp³-hybridized carbons (Fsp3) is 1.00. The van der Waals surface area contributed by atoms with Gasteiger partial charge < -0.3 is 0 Å². The molecule has 1 aliphatic heterocycles. The summed E-state index contributed by atoms with van der Waals surface area (Å²) in [5.74, 6) is 1.89. The molecule has 0 aromatic rings. The van der Waals surface area contributed by atoms with Gasteiger partial charge in [-0.1, -0.05) is 13.8 Å². The lowest BCUT2D eigenvalue weighted by molar-refractivity contribution is 0.0743. The van der Waals surface area contributed by atoms with Crippen LogP contribution in [0, 0.1) is 11.8 Å². The summed E-state index contributed by atoms with van der Waals surface area (Å²) in [7, 11) is 0. The lowest BCUT2D eigenvalue weighted by Crippen LogP contribution is -2.47. The van der Waals surface area contributed by atoms with Gasteiger partial charge in [-0.25, -0.2) is 0 Å². The topological polar surface area (TPSA) is 3.24 Å². The summed E-state index contributed by atoms with van der Waals surface area (Å²) in [6.07, 6.45) is 4.43. The zero-order valence-corrected chi connectivity index (χ0v) is 9.46. The van der Waals surface area contributed by atoms with Crippen molar-refractivity contribution in [1.29, 1.82) is 0 Å². The molecule has 3 atom stereocenters. The third-order valence-corrected chi connectivity index (χ3v) is 4.05. The van der Waals surface area contributed by atoms with Gasteiger partial charge >= 0.3 is 0 Å². The molecule has 2 fully saturated rings. The summed E-state index contributed by atoms with van der Waals surface area (Å²) in [5, 5.41) is 0. The maximum atomic E-state index is 2.79. The Kier molecular flexibility index (Phi) is 2.39. The minimum absolute atomic E-state index is 0.752. The predicted molar refractivity (Wildman–Crippen MR) is 56.7 cm³/mol. The summed E-state index contributed by atoms with van der Waals surface area (Å²) >= 11 is 0. The second-order valence-electron chi connectivity index (χ2n) is 5.49. The summed E-state index contributed by atoms with van der Waals surface area (Å²) < 4.78 is 0. The number of hydrogen-bond acceptors (Lipinski definition) is 1. The molecule has 1 nitrogen and oxygen atoms in total. The van der Waals surface area contributed by atoms with Crippen molar-refractivity contribution in [1.82, 2.24) is 4.90 Å². The summed E-state index contributed by atoms with van der Waals surface area (Å²) in [4.78, 5) is 2.79. The molecule has 1 heteroatoms. The van der Waals surface area contributed by atoms with Crippen LogP contribution in [0.4, 0.5) is 0 Å². The van der Waals surface area contributed by atoms with E-state index < -0.39 is 0 Å². The number of likely N-dealkylation sites (tertiary alicyclic amines) is 1. The molecule has 0 spiro atoms. The standard InChI is InChI=1S/C12H23N/c1-8(2)12-7-10-5-6-11(10)13(12)9(3)4/h8-12H,5-7H2,1-4H3. The van der Waals surface area contributed by atoms with Gasteiger partial charge in [-0.2, -0.15) is 0 Å². The molecule has 3 unspecified atom stereocenters. The molecule has 0 radical (unpaired) electrons. The van der Waals surface area contributed by atoms with E-state index in [9.17, 15) is 0 Å². The van der Waals surface area contributed by atoms with E-state index in [4.69, 9.17) is 0 Å². The van der Waals surface area contributed by atoms with Crippen molar-refractivity contribution in [3.63, 3.8) is 0 Å². The quantitative estimate of drug-likeness (QED) is 0.633. The molecule has 1 heterocycles. The van der Waals surface area contributed by atoms with Crippen LogP contribution in [-0.2, 0) is 0 Å². The van der Waals surface area contributed by atoms with E-state index in [0.717, 1.165) is 30.0 Å². The fourth-order valence-corrected chi connectivity index (χ4v) is 3.28. The summed E-state index contributed by atoms with van der Waals surface area (Å²) in [5.41, 5.74) is 0. The van der Waals surface area contributed by atoms with Gasteiger partial charge in [0.15, 0.2) is 0 Å². The van der Waals surface area contributed by atoms with Crippen LogP contribution in [-0.4, -0.2) is 23.0 Å². The lowest BCUT2D eigenvalue weighted by Gasteiger charge is -2.40. The van der Waals surface area contributed by atoms with E-state index in [0.29, 0.717) is 0 Å². The molecule has 2 aliphatic rings. The van der Waals surface area contributed by atoms with E-state index in [-0.39, 0.29) is 0 Å². The maximum absolute atomic E-state index is 2.79. The number of hydrogen-bond donors (Lipinski definition) is 0. The van der Waals surface area contributed by atoms with Gasteiger partial charge in [0, 0.05) is 18.1 Å². The van der Waals surface area contributed by atoms with Crippen LogP contribution in [0.3, 0.4) is 0 Å². The first-order valence-corrected chi connectivity index (χ1v) is 5.88. The molecule has 0 amide bonds. The van der Waals surface area contributed by atoms with Gasteiger partial charge in [0.05, 0.1) is 0 Å². The van der Waals surface area contributed by atoms with E-state index >= 15 is 0 Å². The molecule has 13 heavy (non-hydrogen) atoms. The van der Waals surface area contributed by atoms with Gasteiger partial charge in [-0.3, -0.25) is 4.90 Å². The van der Waals surface area contributed by atoms with Crippen molar-refractivity contribution in [3.05, 3.63) is 0 Å². The van der Waals surface area contributed by atoms with E-state index in [2.05, 4.69) is 32.6 Å². The van der Waals surface area contributed by atoms with E-state index in [1.54, 1.807) is 0 Å². The Hall–Kier alpha value is -0.0400. The Balaban J connectivity index is 2.10. The van der Waals surface area contributed by atoms with Crippen molar-refractivity contribution < 1.29 is 0 Å². The largest absolute Gasteiger partial charge is 0.295 e. The van der Waals surface area contributed by atoms with Crippen LogP contribution < -0.4 is 0 Å². The minimum Gasteiger partial charge on any atom is -0.295 e. The minimum atomic E-state index is 0.752. The average molecular weight is 181 g/mol. The number of rotatable bonds is 2. The predicted octanol–water partition coefficient (Wildman–Crippen LogP) is 2.90. The number of fused-ring (bicyclic) bond motifs is 1. The lowest BCUT2D eigenvalue weighted by atomic mass is 9.79. The van der Waals surface area contributed by atoms with Crippen molar-refractivity contribution >= 4 is 0 Å². The van der Waals surface area contributed by atoms with E-state index in [1.807, 2.05) is 0 Å². The first kappa shape index (κ1) is 9.51. The van der Waals surface area contributed by atoms with Crippen LogP contribution in [0.1, 0.15) is 47.0 Å². The van der Waals surface area contributed by atoms with Crippen molar-refractivity contribution in [2.24, 2.45) is 11.8 Å². The molecule has 76 valence electrons. The third kappa shape index (κ3) is 1.41. The molecule has 0 aromatic carbocycles. The molecule has 1 saturated heterocycles. The molecule has 2 rings (SSSR count). The molecule has 1 saturated carbocycles. The first-order chi connectivity index (χ1) is 6.11. The van der Waals surface area contributed by atoms with Crippen LogP contribution >= 0.6 is 0 Å². The second kappa shape index (κ2) is 3.27. The second-order valence-corrected chi connectivity index (χ2v) is 5.49. The Labute approximate surface area is 82.5 Å². The zero-order valence-electron chi connectivity index (χ0n) is 9.46. The molecule has 0 aromatic heterocycles. The maximum Gasteiger partial charge on any atom is 0.0130 e. The summed E-state index contributed by atoms with van der Waals surface area (Å²) in [6, 6.07) is 2.58. The summed E-state index contributed by atoms with van der Waals surface area (Å²) in [6.45, 7) is 9.47. The molecule has 1 aliphatic carbocycles. The highest BCUT2D eigenvalue weighted by atomic mass is 15.3. The van der Waals surface area contributed by atoms with E-state index in [1.165, 1.54) is 19.3 Å². The zero-order chi connectivity index (χ0) is 9.59. The molecular formula is C12H23N. The van der Waals surface area contributed by atoms with Crippen LogP contribution in [0.15, 0.2) is 0 Å². The van der Waals surface area contributed by atoms with Crippen molar-refractivity contribution in [2.75, 3.05) is 0 Å². The molecule has 0 N–H and O–H groups in total. The Morgan fingerprint density at radius 3 is 2.15 bits per heavy atom.